The second-order valence-corrected chi connectivity index (χ2v) is 5.59. The number of rotatable bonds is 3. The minimum atomic E-state index is 0. The number of piperazine rings is 1. The summed E-state index contributed by atoms with van der Waals surface area (Å²) in [4.78, 5) is 2.59. The summed E-state index contributed by atoms with van der Waals surface area (Å²) < 4.78 is 1.25. The average molecular weight is 370 g/mol. The lowest BCUT2D eigenvalue weighted by Crippen LogP contribution is -2.45. The Kier molecular flexibility index (Phi) is 9.29. The Hall–Kier alpha value is 0.200. The van der Waals surface area contributed by atoms with Crippen LogP contribution in [0.3, 0.4) is 0 Å². The lowest BCUT2D eigenvalue weighted by atomic mass is 10.0. The van der Waals surface area contributed by atoms with Crippen molar-refractivity contribution in [1.82, 2.24) is 10.2 Å². The van der Waals surface area contributed by atoms with Gasteiger partial charge in [-0.25, -0.2) is 0 Å². The van der Waals surface area contributed by atoms with Crippen LogP contribution in [-0.4, -0.2) is 31.1 Å². The summed E-state index contributed by atoms with van der Waals surface area (Å²) in [5.74, 6) is 0. The van der Waals surface area contributed by atoms with E-state index in [-0.39, 0.29) is 24.8 Å². The number of aryl methyl sites for hydroxylation is 1. The zero-order valence-electron chi connectivity index (χ0n) is 11.5. The van der Waals surface area contributed by atoms with Gasteiger partial charge in [-0.05, 0) is 30.5 Å². The molecule has 1 fully saturated rings. The molecule has 0 amide bonds. The molecule has 0 unspecified atom stereocenters. The summed E-state index contributed by atoms with van der Waals surface area (Å²) in [5, 5.41) is 3.42. The zero-order valence-corrected chi connectivity index (χ0v) is 14.7. The highest BCUT2D eigenvalue weighted by atomic mass is 79.9. The molecule has 5 heteroatoms. The van der Waals surface area contributed by atoms with Crippen LogP contribution in [0.4, 0.5) is 0 Å². The molecular weight excluding hydrogens is 347 g/mol. The molecule has 1 heterocycles. The van der Waals surface area contributed by atoms with Gasteiger partial charge in [-0.15, -0.1) is 24.8 Å². The van der Waals surface area contributed by atoms with Gasteiger partial charge in [0.05, 0.1) is 0 Å². The van der Waals surface area contributed by atoms with E-state index in [4.69, 9.17) is 0 Å². The van der Waals surface area contributed by atoms with Crippen molar-refractivity contribution in [2.24, 2.45) is 0 Å². The monoisotopic (exact) mass is 368 g/mol. The Morgan fingerprint density at radius 1 is 1.26 bits per heavy atom. The Labute approximate surface area is 137 Å². The van der Waals surface area contributed by atoms with Crippen molar-refractivity contribution in [3.05, 3.63) is 33.8 Å². The summed E-state index contributed by atoms with van der Waals surface area (Å²) >= 11 is 3.71. The lowest BCUT2D eigenvalue weighted by Gasteiger charge is -2.35. The van der Waals surface area contributed by atoms with Gasteiger partial charge in [-0.3, -0.25) is 4.90 Å². The van der Waals surface area contributed by atoms with Crippen LogP contribution in [0, 0.1) is 6.92 Å². The van der Waals surface area contributed by atoms with Crippen molar-refractivity contribution < 1.29 is 0 Å². The highest BCUT2D eigenvalue weighted by molar-refractivity contribution is 9.10. The Bertz CT molecular complexity index is 382. The normalized spacial score (nSPS) is 17.2. The minimum absolute atomic E-state index is 0. The molecule has 1 aliphatic heterocycles. The van der Waals surface area contributed by atoms with E-state index in [9.17, 15) is 0 Å². The second-order valence-electron chi connectivity index (χ2n) is 4.73. The summed E-state index contributed by atoms with van der Waals surface area (Å²) in [6, 6.07) is 7.26. The fourth-order valence-electron chi connectivity index (χ4n) is 2.57. The number of hydrogen-bond acceptors (Lipinski definition) is 2. The van der Waals surface area contributed by atoms with E-state index < -0.39 is 0 Å². The fourth-order valence-corrected chi connectivity index (χ4v) is 3.33. The van der Waals surface area contributed by atoms with Gasteiger partial charge in [0.2, 0.25) is 0 Å². The van der Waals surface area contributed by atoms with Gasteiger partial charge in [0.25, 0.3) is 0 Å². The van der Waals surface area contributed by atoms with Crippen LogP contribution < -0.4 is 5.32 Å². The summed E-state index contributed by atoms with van der Waals surface area (Å²) in [7, 11) is 0. The molecule has 0 aliphatic carbocycles. The van der Waals surface area contributed by atoms with Gasteiger partial charge in [0.1, 0.15) is 0 Å². The van der Waals surface area contributed by atoms with Crippen LogP contribution in [0.15, 0.2) is 22.7 Å². The van der Waals surface area contributed by atoms with Crippen LogP contribution in [0.25, 0.3) is 0 Å². The molecule has 0 saturated carbocycles. The van der Waals surface area contributed by atoms with Gasteiger partial charge >= 0.3 is 0 Å². The predicted octanol–water partition coefficient (Wildman–Crippen LogP) is 3.96. The van der Waals surface area contributed by atoms with E-state index in [1.807, 2.05) is 0 Å². The average Bonchev–Trinajstić information content (AvgIpc) is 2.34. The molecule has 0 spiro atoms. The van der Waals surface area contributed by atoms with Gasteiger partial charge < -0.3 is 5.32 Å². The first kappa shape index (κ1) is 19.2. The van der Waals surface area contributed by atoms with E-state index in [1.54, 1.807) is 0 Å². The molecule has 1 saturated heterocycles. The lowest BCUT2D eigenvalue weighted by molar-refractivity contribution is 0.169. The van der Waals surface area contributed by atoms with Crippen molar-refractivity contribution in [2.45, 2.75) is 26.3 Å². The molecule has 1 aromatic carbocycles. The maximum absolute atomic E-state index is 3.71. The van der Waals surface area contributed by atoms with Crippen molar-refractivity contribution in [3.8, 4) is 0 Å². The number of nitrogens with zero attached hydrogens (tertiary/aromatic N) is 1. The van der Waals surface area contributed by atoms with Crippen molar-refractivity contribution in [1.29, 1.82) is 0 Å². The van der Waals surface area contributed by atoms with E-state index in [0.29, 0.717) is 6.04 Å². The zero-order chi connectivity index (χ0) is 12.3. The largest absolute Gasteiger partial charge is 0.314 e. The SMILES string of the molecule is CC[C@H](c1ccc(C)cc1Br)N1CCNCC1.Cl.Cl. The Morgan fingerprint density at radius 2 is 1.89 bits per heavy atom. The molecule has 2 nitrogen and oxygen atoms in total. The van der Waals surface area contributed by atoms with Crippen molar-refractivity contribution >= 4 is 40.7 Å². The molecule has 1 aromatic rings. The molecule has 1 atom stereocenters. The predicted molar refractivity (Wildman–Crippen MR) is 90.8 cm³/mol. The summed E-state index contributed by atoms with van der Waals surface area (Å²) in [5.41, 5.74) is 2.75. The van der Waals surface area contributed by atoms with Gasteiger partial charge in [-0.1, -0.05) is 35.0 Å². The molecule has 110 valence electrons. The molecule has 0 radical (unpaired) electrons. The molecule has 0 bridgehead atoms. The smallest absolute Gasteiger partial charge is 0.0357 e. The molecule has 1 aliphatic rings. The quantitative estimate of drug-likeness (QED) is 0.867. The standard InChI is InChI=1S/C14H21BrN2.2ClH/c1-3-14(17-8-6-16-7-9-17)12-5-4-11(2)10-13(12)15;;/h4-5,10,14,16H,3,6-9H2,1-2H3;2*1H/t14-;;/m1../s1. The summed E-state index contributed by atoms with van der Waals surface area (Å²) in [6.45, 7) is 8.94. The number of nitrogens with one attached hydrogen (secondary N) is 1. The van der Waals surface area contributed by atoms with Crippen LogP contribution in [0.2, 0.25) is 0 Å². The summed E-state index contributed by atoms with van der Waals surface area (Å²) in [6.07, 6.45) is 1.17. The number of benzene rings is 1. The van der Waals surface area contributed by atoms with E-state index in [1.165, 1.54) is 22.0 Å². The first-order chi connectivity index (χ1) is 8.22. The van der Waals surface area contributed by atoms with Crippen LogP contribution >= 0.6 is 40.7 Å². The third kappa shape index (κ3) is 4.91. The molecule has 2 rings (SSSR count). The van der Waals surface area contributed by atoms with Crippen molar-refractivity contribution in [2.75, 3.05) is 26.2 Å². The van der Waals surface area contributed by atoms with Gasteiger partial charge in [-0.2, -0.15) is 0 Å². The van der Waals surface area contributed by atoms with Crippen molar-refractivity contribution in [3.63, 3.8) is 0 Å². The number of halogens is 3. The Morgan fingerprint density at radius 3 is 2.42 bits per heavy atom. The third-order valence-electron chi connectivity index (χ3n) is 3.49. The van der Waals surface area contributed by atoms with E-state index >= 15 is 0 Å². The van der Waals surface area contributed by atoms with E-state index in [0.717, 1.165) is 26.2 Å². The second kappa shape index (κ2) is 9.19. The molecular formula is C14H23BrCl2N2. The molecule has 1 N–H and O–H groups in total. The van der Waals surface area contributed by atoms with Gasteiger partial charge in [0, 0.05) is 36.7 Å². The van der Waals surface area contributed by atoms with Crippen LogP contribution in [0.1, 0.15) is 30.5 Å². The van der Waals surface area contributed by atoms with E-state index in [2.05, 4.69) is 58.2 Å². The third-order valence-corrected chi connectivity index (χ3v) is 4.18. The Balaban J connectivity index is 0.00000162. The number of hydrogen-bond donors (Lipinski definition) is 1. The highest BCUT2D eigenvalue weighted by Crippen LogP contribution is 2.31. The highest BCUT2D eigenvalue weighted by Gasteiger charge is 2.21. The topological polar surface area (TPSA) is 15.3 Å². The first-order valence-electron chi connectivity index (χ1n) is 6.43. The maximum Gasteiger partial charge on any atom is 0.0357 e. The van der Waals surface area contributed by atoms with Crippen LogP contribution in [0.5, 0.6) is 0 Å². The minimum Gasteiger partial charge on any atom is -0.314 e. The fraction of sp³-hybridized carbons (Fsp3) is 0.571. The first-order valence-corrected chi connectivity index (χ1v) is 7.22. The molecule has 0 aromatic heterocycles. The van der Waals surface area contributed by atoms with Gasteiger partial charge in [0.15, 0.2) is 0 Å². The van der Waals surface area contributed by atoms with Crippen LogP contribution in [-0.2, 0) is 0 Å². The maximum atomic E-state index is 3.71. The molecule has 19 heavy (non-hydrogen) atoms.